The highest BCUT2D eigenvalue weighted by Crippen LogP contribution is 2.12. The molecular formula is C16H32N2O9. The zero-order chi connectivity index (χ0) is 21.3. The quantitative estimate of drug-likeness (QED) is 0.0945. The van der Waals surface area contributed by atoms with Crippen molar-refractivity contribution in [3.8, 4) is 0 Å². The van der Waals surface area contributed by atoms with Crippen molar-refractivity contribution >= 4 is 12.0 Å². The minimum absolute atomic E-state index is 0.147. The molecule has 0 aliphatic rings. The lowest BCUT2D eigenvalue weighted by Gasteiger charge is -2.20. The van der Waals surface area contributed by atoms with Gasteiger partial charge in [-0.1, -0.05) is 12.2 Å². The van der Waals surface area contributed by atoms with Crippen molar-refractivity contribution in [1.82, 2.24) is 10.2 Å². The number of aliphatic hydroxyl groups is 4. The van der Waals surface area contributed by atoms with E-state index in [1.807, 2.05) is 6.92 Å². The van der Waals surface area contributed by atoms with Crippen LogP contribution in [0.1, 0.15) is 13.8 Å². The summed E-state index contributed by atoms with van der Waals surface area (Å²) in [6, 6.07) is -0.360. The Labute approximate surface area is 158 Å². The molecule has 0 rings (SSSR count). The predicted octanol–water partition coefficient (Wildman–Crippen LogP) is -1.43. The minimum atomic E-state index is -1.39. The summed E-state index contributed by atoms with van der Waals surface area (Å²) in [6.07, 6.45) is 0. The zero-order valence-corrected chi connectivity index (χ0v) is 15.9. The van der Waals surface area contributed by atoms with Gasteiger partial charge >= 0.3 is 12.0 Å². The molecule has 0 atom stereocenters. The third-order valence-electron chi connectivity index (χ3n) is 3.09. The molecule has 0 aromatic carbocycles. The van der Waals surface area contributed by atoms with Crippen molar-refractivity contribution in [3.63, 3.8) is 0 Å². The summed E-state index contributed by atoms with van der Waals surface area (Å²) in [5, 5.41) is 45.2. The predicted molar refractivity (Wildman–Crippen MR) is 95.8 cm³/mol. The third kappa shape index (κ3) is 14.0. The smallest absolute Gasteiger partial charge is 0.317 e. The summed E-state index contributed by atoms with van der Waals surface area (Å²) in [7, 11) is 0. The van der Waals surface area contributed by atoms with Gasteiger partial charge in [0.1, 0.15) is 12.0 Å². The second-order valence-electron chi connectivity index (χ2n) is 5.89. The number of nitrogens with zero attached hydrogens (tertiary/aromatic N) is 1. The van der Waals surface area contributed by atoms with Crippen molar-refractivity contribution < 1.29 is 44.9 Å². The Morgan fingerprint density at radius 2 is 1.59 bits per heavy atom. The van der Waals surface area contributed by atoms with E-state index in [1.54, 1.807) is 0 Å². The van der Waals surface area contributed by atoms with Crippen molar-refractivity contribution in [1.29, 1.82) is 0 Å². The summed E-state index contributed by atoms with van der Waals surface area (Å²) in [6.45, 7) is 6.51. The number of rotatable bonds is 13. The van der Waals surface area contributed by atoms with Gasteiger partial charge in [-0.3, -0.25) is 4.79 Å². The molecule has 6 N–H and O–H groups in total. The summed E-state index contributed by atoms with van der Waals surface area (Å²) in [5.41, 5.74) is -0.545. The molecule has 27 heavy (non-hydrogen) atoms. The van der Waals surface area contributed by atoms with Gasteiger partial charge in [0.05, 0.1) is 33.0 Å². The van der Waals surface area contributed by atoms with Crippen LogP contribution in [-0.4, -0.2) is 102 Å². The van der Waals surface area contributed by atoms with Crippen LogP contribution in [0.3, 0.4) is 0 Å². The van der Waals surface area contributed by atoms with Gasteiger partial charge in [-0.05, 0) is 13.8 Å². The van der Waals surface area contributed by atoms with Gasteiger partial charge in [0.15, 0.2) is 0 Å². The van der Waals surface area contributed by atoms with Gasteiger partial charge in [-0.25, -0.2) is 14.6 Å². The van der Waals surface area contributed by atoms with Crippen LogP contribution in [0.5, 0.6) is 0 Å². The average molecular weight is 396 g/mol. The van der Waals surface area contributed by atoms with E-state index in [0.717, 1.165) is 5.57 Å². The number of amides is 2. The number of aliphatic carboxylic acids is 1. The average Bonchev–Trinajstić information content (AvgIpc) is 2.63. The third-order valence-corrected chi connectivity index (χ3v) is 3.09. The van der Waals surface area contributed by atoms with Gasteiger partial charge in [0.25, 0.3) is 0 Å². The van der Waals surface area contributed by atoms with Gasteiger partial charge in [-0.15, -0.1) is 0 Å². The van der Waals surface area contributed by atoms with E-state index < -0.39 is 24.6 Å². The maximum atomic E-state index is 11.5. The Balaban J connectivity index is 0. The largest absolute Gasteiger partial charge is 0.481 e. The van der Waals surface area contributed by atoms with E-state index in [-0.39, 0.29) is 45.5 Å². The zero-order valence-electron chi connectivity index (χ0n) is 15.9. The van der Waals surface area contributed by atoms with Crippen molar-refractivity contribution in [2.24, 2.45) is 5.41 Å². The van der Waals surface area contributed by atoms with Crippen molar-refractivity contribution in [3.05, 3.63) is 12.2 Å². The van der Waals surface area contributed by atoms with Crippen LogP contribution >= 0.6 is 0 Å². The molecule has 0 aromatic rings. The summed E-state index contributed by atoms with van der Waals surface area (Å²) in [5.74, 6) is -1.19. The molecule has 0 aromatic heterocycles. The lowest BCUT2D eigenvalue weighted by atomic mass is 9.94. The molecule has 0 saturated heterocycles. The number of urea groups is 1. The molecule has 0 spiro atoms. The van der Waals surface area contributed by atoms with Gasteiger partial charge in [-0.2, -0.15) is 0 Å². The first-order chi connectivity index (χ1) is 12.7. The maximum Gasteiger partial charge on any atom is 0.317 e. The van der Waals surface area contributed by atoms with Gasteiger partial charge in [0.2, 0.25) is 0 Å². The maximum absolute atomic E-state index is 11.5. The standard InChI is InChI=1S/C11H22N2O5.C5H10O4/c1-10(2)9-18-17-8-3-12-11(16)13(4-6-14)5-7-15;1-5(2-6,3-7)4(8)9/h14-15H,1,3-9H2,2H3,(H,12,16);6-7H,2-3H2,1H3,(H,8,9). The van der Waals surface area contributed by atoms with E-state index in [0.29, 0.717) is 6.61 Å². The molecular weight excluding hydrogens is 364 g/mol. The molecule has 2 amide bonds. The number of carboxylic acid groups (broad SMARTS) is 1. The fraction of sp³-hybridized carbons (Fsp3) is 0.750. The van der Waals surface area contributed by atoms with Gasteiger partial charge in [0, 0.05) is 19.6 Å². The van der Waals surface area contributed by atoms with E-state index >= 15 is 0 Å². The second-order valence-corrected chi connectivity index (χ2v) is 5.89. The summed E-state index contributed by atoms with van der Waals surface area (Å²) >= 11 is 0. The van der Waals surface area contributed by atoms with Crippen LogP contribution in [0.15, 0.2) is 12.2 Å². The van der Waals surface area contributed by atoms with Crippen molar-refractivity contribution in [2.75, 3.05) is 59.3 Å². The molecule has 11 nitrogen and oxygen atoms in total. The molecule has 0 bridgehead atoms. The number of aliphatic hydroxyl groups excluding tert-OH is 4. The highest BCUT2D eigenvalue weighted by molar-refractivity contribution is 5.74. The first-order valence-corrected chi connectivity index (χ1v) is 8.26. The molecule has 0 aliphatic heterocycles. The Morgan fingerprint density at radius 3 is 1.93 bits per heavy atom. The Kier molecular flexibility index (Phi) is 16.7. The first kappa shape index (κ1) is 27.5. The fourth-order valence-electron chi connectivity index (χ4n) is 1.25. The molecule has 0 fully saturated rings. The summed E-state index contributed by atoms with van der Waals surface area (Å²) < 4.78 is 0. The molecule has 0 heterocycles. The molecule has 0 aliphatic carbocycles. The van der Waals surface area contributed by atoms with Crippen LogP contribution < -0.4 is 5.32 Å². The molecule has 0 unspecified atom stereocenters. The highest BCUT2D eigenvalue weighted by atomic mass is 17.2. The molecule has 160 valence electrons. The molecule has 0 saturated carbocycles. The van der Waals surface area contributed by atoms with Crippen LogP contribution in [0, 0.1) is 5.41 Å². The van der Waals surface area contributed by atoms with Crippen LogP contribution in [0.4, 0.5) is 4.79 Å². The number of hydrogen-bond acceptors (Lipinski definition) is 8. The number of carbonyl (C=O) groups is 2. The number of nitrogens with one attached hydrogen (secondary N) is 1. The lowest BCUT2D eigenvalue weighted by molar-refractivity contribution is -0.286. The Bertz CT molecular complexity index is 422. The molecule has 11 heteroatoms. The fourth-order valence-corrected chi connectivity index (χ4v) is 1.25. The number of carbonyl (C=O) groups excluding carboxylic acids is 1. The Morgan fingerprint density at radius 1 is 1.07 bits per heavy atom. The number of hydrogen-bond donors (Lipinski definition) is 6. The highest BCUT2D eigenvalue weighted by Gasteiger charge is 2.31. The van der Waals surface area contributed by atoms with Crippen molar-refractivity contribution in [2.45, 2.75) is 13.8 Å². The van der Waals surface area contributed by atoms with E-state index in [9.17, 15) is 9.59 Å². The van der Waals surface area contributed by atoms with Gasteiger partial charge < -0.3 is 35.7 Å². The SMILES string of the molecule is C=C(C)COOCCNC(=O)N(CCO)CCO.CC(CO)(CO)C(=O)O. The minimum Gasteiger partial charge on any atom is -0.481 e. The Hall–Kier alpha value is -1.76. The van der Waals surface area contributed by atoms with E-state index in [4.69, 9.17) is 35.3 Å². The summed E-state index contributed by atoms with van der Waals surface area (Å²) in [4.78, 5) is 32.6. The lowest BCUT2D eigenvalue weighted by Crippen LogP contribution is -2.43. The van der Waals surface area contributed by atoms with Crippen LogP contribution in [-0.2, 0) is 14.6 Å². The monoisotopic (exact) mass is 396 g/mol. The first-order valence-electron chi connectivity index (χ1n) is 8.26. The topological polar surface area (TPSA) is 169 Å². The normalized spacial score (nSPS) is 10.6. The van der Waals surface area contributed by atoms with Crippen LogP contribution in [0.2, 0.25) is 0 Å². The van der Waals surface area contributed by atoms with E-state index in [1.165, 1.54) is 11.8 Å². The molecule has 0 radical (unpaired) electrons. The van der Waals surface area contributed by atoms with E-state index in [2.05, 4.69) is 11.9 Å². The number of carboxylic acids is 1. The van der Waals surface area contributed by atoms with Crippen LogP contribution in [0.25, 0.3) is 0 Å². The second kappa shape index (κ2) is 16.4.